The summed E-state index contributed by atoms with van der Waals surface area (Å²) in [4.78, 5) is 41.2. The standard InChI is InChI=1S/C23H25N3O5/c1-16(30-15-17-8-4-2-5-9-17)20-22(28)26-13-12-25(14-19(26)21(27)24-20)23(29)31-18-10-6-3-7-11-18/h2-11,16,19-20H,12-15H2,1H3,(H,24,27)/t16-,19-,20+/m1/s1. The maximum absolute atomic E-state index is 13.0. The van der Waals surface area contributed by atoms with E-state index >= 15 is 0 Å². The third-order valence-electron chi connectivity index (χ3n) is 5.56. The molecule has 3 atom stereocenters. The number of carbonyl (C=O) groups excluding carboxylic acids is 3. The molecule has 2 aliphatic rings. The van der Waals surface area contributed by atoms with Gasteiger partial charge in [-0.05, 0) is 24.6 Å². The number of hydrogen-bond acceptors (Lipinski definition) is 5. The van der Waals surface area contributed by atoms with E-state index < -0.39 is 24.3 Å². The topological polar surface area (TPSA) is 88.2 Å². The lowest BCUT2D eigenvalue weighted by molar-refractivity contribution is -0.156. The maximum Gasteiger partial charge on any atom is 0.415 e. The molecule has 0 aliphatic carbocycles. The van der Waals surface area contributed by atoms with Crippen molar-refractivity contribution in [2.45, 2.75) is 31.7 Å². The fourth-order valence-corrected chi connectivity index (χ4v) is 3.80. The van der Waals surface area contributed by atoms with Gasteiger partial charge in [0.15, 0.2) is 0 Å². The van der Waals surface area contributed by atoms with Crippen LogP contribution in [0, 0.1) is 0 Å². The first-order valence-electron chi connectivity index (χ1n) is 10.3. The van der Waals surface area contributed by atoms with E-state index in [9.17, 15) is 14.4 Å². The Hall–Kier alpha value is -3.39. The number of fused-ring (bicyclic) bond motifs is 1. The minimum Gasteiger partial charge on any atom is -0.410 e. The lowest BCUT2D eigenvalue weighted by atomic mass is 10.0. The molecule has 8 nitrogen and oxygen atoms in total. The van der Waals surface area contributed by atoms with E-state index in [2.05, 4.69) is 5.32 Å². The zero-order chi connectivity index (χ0) is 21.8. The number of nitrogens with one attached hydrogen (secondary N) is 1. The Labute approximate surface area is 180 Å². The molecule has 2 heterocycles. The summed E-state index contributed by atoms with van der Waals surface area (Å²) in [6.07, 6.45) is -1.02. The highest BCUT2D eigenvalue weighted by Gasteiger charge is 2.46. The largest absolute Gasteiger partial charge is 0.415 e. The van der Waals surface area contributed by atoms with E-state index in [0.717, 1.165) is 5.56 Å². The van der Waals surface area contributed by atoms with Crippen LogP contribution in [0.15, 0.2) is 60.7 Å². The van der Waals surface area contributed by atoms with Gasteiger partial charge in [0.25, 0.3) is 0 Å². The lowest BCUT2D eigenvalue weighted by Gasteiger charge is -2.45. The molecular weight excluding hydrogens is 398 g/mol. The van der Waals surface area contributed by atoms with Gasteiger partial charge >= 0.3 is 6.09 Å². The van der Waals surface area contributed by atoms with Gasteiger partial charge in [-0.15, -0.1) is 0 Å². The summed E-state index contributed by atoms with van der Waals surface area (Å²) in [6.45, 7) is 2.79. The van der Waals surface area contributed by atoms with Crippen LogP contribution in [0.5, 0.6) is 5.75 Å². The molecule has 8 heteroatoms. The van der Waals surface area contributed by atoms with Crippen LogP contribution in [-0.4, -0.2) is 65.5 Å². The average molecular weight is 423 g/mol. The van der Waals surface area contributed by atoms with E-state index in [0.29, 0.717) is 18.9 Å². The second-order valence-electron chi connectivity index (χ2n) is 7.66. The van der Waals surface area contributed by atoms with Crippen molar-refractivity contribution in [1.82, 2.24) is 15.1 Å². The highest BCUT2D eigenvalue weighted by molar-refractivity contribution is 5.98. The molecule has 2 aromatic rings. The van der Waals surface area contributed by atoms with Crippen LogP contribution in [-0.2, 0) is 20.9 Å². The summed E-state index contributed by atoms with van der Waals surface area (Å²) in [6, 6.07) is 16.9. The van der Waals surface area contributed by atoms with Crippen molar-refractivity contribution in [3.63, 3.8) is 0 Å². The average Bonchev–Trinajstić information content (AvgIpc) is 2.81. The van der Waals surface area contributed by atoms with Gasteiger partial charge in [-0.3, -0.25) is 9.59 Å². The van der Waals surface area contributed by atoms with Crippen LogP contribution in [0.25, 0.3) is 0 Å². The number of amides is 3. The summed E-state index contributed by atoms with van der Waals surface area (Å²) in [5.41, 5.74) is 0.993. The normalized spacial score (nSPS) is 21.8. The molecule has 0 spiro atoms. The van der Waals surface area contributed by atoms with Crippen molar-refractivity contribution in [3.05, 3.63) is 66.2 Å². The zero-order valence-electron chi connectivity index (χ0n) is 17.3. The summed E-state index contributed by atoms with van der Waals surface area (Å²) in [5.74, 6) is -0.0539. The molecule has 0 aromatic heterocycles. The molecule has 0 unspecified atom stereocenters. The molecule has 2 aromatic carbocycles. The van der Waals surface area contributed by atoms with Gasteiger partial charge in [0.05, 0.1) is 19.3 Å². The van der Waals surface area contributed by atoms with Crippen molar-refractivity contribution in [2.24, 2.45) is 0 Å². The van der Waals surface area contributed by atoms with Crippen LogP contribution in [0.4, 0.5) is 4.79 Å². The summed E-state index contributed by atoms with van der Waals surface area (Å²) >= 11 is 0. The van der Waals surface area contributed by atoms with Crippen molar-refractivity contribution < 1.29 is 23.9 Å². The molecule has 4 rings (SSSR count). The molecule has 1 N–H and O–H groups in total. The maximum atomic E-state index is 13.0. The van der Waals surface area contributed by atoms with Gasteiger partial charge in [0.2, 0.25) is 11.8 Å². The second kappa shape index (κ2) is 9.18. The predicted molar refractivity (Wildman–Crippen MR) is 112 cm³/mol. The summed E-state index contributed by atoms with van der Waals surface area (Å²) in [7, 11) is 0. The van der Waals surface area contributed by atoms with Gasteiger partial charge in [0, 0.05) is 13.1 Å². The highest BCUT2D eigenvalue weighted by Crippen LogP contribution is 2.20. The molecule has 31 heavy (non-hydrogen) atoms. The number of rotatable bonds is 5. The molecule has 162 valence electrons. The van der Waals surface area contributed by atoms with E-state index in [4.69, 9.17) is 9.47 Å². The molecule has 2 saturated heterocycles. The smallest absolute Gasteiger partial charge is 0.410 e. The number of hydrogen-bond donors (Lipinski definition) is 1. The molecule has 0 radical (unpaired) electrons. The van der Waals surface area contributed by atoms with Gasteiger partial charge in [0.1, 0.15) is 17.8 Å². The second-order valence-corrected chi connectivity index (χ2v) is 7.66. The monoisotopic (exact) mass is 423 g/mol. The number of piperazine rings is 2. The first-order valence-corrected chi connectivity index (χ1v) is 10.3. The molecule has 2 fully saturated rings. The molecule has 0 bridgehead atoms. The Morgan fingerprint density at radius 2 is 1.74 bits per heavy atom. The van der Waals surface area contributed by atoms with Gasteiger partial charge in [-0.25, -0.2) is 4.79 Å². The van der Waals surface area contributed by atoms with Crippen molar-refractivity contribution in [1.29, 1.82) is 0 Å². The number of carbonyl (C=O) groups is 3. The van der Waals surface area contributed by atoms with E-state index in [-0.39, 0.29) is 24.9 Å². The molecule has 3 amide bonds. The van der Waals surface area contributed by atoms with Crippen LogP contribution in [0.2, 0.25) is 0 Å². The van der Waals surface area contributed by atoms with Crippen molar-refractivity contribution in [3.8, 4) is 5.75 Å². The Bertz CT molecular complexity index is 937. The minimum atomic E-state index is -0.754. The van der Waals surface area contributed by atoms with Gasteiger partial charge in [-0.1, -0.05) is 48.5 Å². The van der Waals surface area contributed by atoms with Crippen LogP contribution in [0.3, 0.4) is 0 Å². The fourth-order valence-electron chi connectivity index (χ4n) is 3.80. The van der Waals surface area contributed by atoms with E-state index in [1.807, 2.05) is 36.4 Å². The third-order valence-corrected chi connectivity index (χ3v) is 5.56. The lowest BCUT2D eigenvalue weighted by Crippen LogP contribution is -2.71. The van der Waals surface area contributed by atoms with Gasteiger partial charge < -0.3 is 24.6 Å². The Morgan fingerprint density at radius 3 is 2.45 bits per heavy atom. The van der Waals surface area contributed by atoms with Gasteiger partial charge in [-0.2, -0.15) is 0 Å². The van der Waals surface area contributed by atoms with Crippen LogP contribution in [0.1, 0.15) is 12.5 Å². The predicted octanol–water partition coefficient (Wildman–Crippen LogP) is 1.80. The molecular formula is C23H25N3O5. The Balaban J connectivity index is 1.35. The zero-order valence-corrected chi connectivity index (χ0v) is 17.3. The van der Waals surface area contributed by atoms with Crippen molar-refractivity contribution in [2.75, 3.05) is 19.6 Å². The molecule has 0 saturated carbocycles. The van der Waals surface area contributed by atoms with E-state index in [1.54, 1.807) is 31.2 Å². The third kappa shape index (κ3) is 4.69. The SMILES string of the molecule is C[C@@H](OCc1ccccc1)[C@@H]1NC(=O)[C@H]2CN(C(=O)Oc3ccccc3)CCN2C1=O. The number of para-hydroxylation sites is 1. The fraction of sp³-hybridized carbons (Fsp3) is 0.348. The Kier molecular flexibility index (Phi) is 6.18. The summed E-state index contributed by atoms with van der Waals surface area (Å²) < 4.78 is 11.2. The quantitative estimate of drug-likeness (QED) is 0.792. The first-order chi connectivity index (χ1) is 15.0. The van der Waals surface area contributed by atoms with Crippen molar-refractivity contribution >= 4 is 17.9 Å². The number of ether oxygens (including phenoxy) is 2. The van der Waals surface area contributed by atoms with Crippen LogP contribution < -0.4 is 10.1 Å². The Morgan fingerprint density at radius 1 is 1.06 bits per heavy atom. The van der Waals surface area contributed by atoms with E-state index in [1.165, 1.54) is 9.80 Å². The van der Waals surface area contributed by atoms with Crippen LogP contribution >= 0.6 is 0 Å². The minimum absolute atomic E-state index is 0.0925. The number of benzene rings is 2. The number of nitrogens with zero attached hydrogens (tertiary/aromatic N) is 2. The molecule has 2 aliphatic heterocycles. The first kappa shape index (κ1) is 20.9. The summed E-state index contributed by atoms with van der Waals surface area (Å²) in [5, 5.41) is 2.78. The highest BCUT2D eigenvalue weighted by atomic mass is 16.6.